The second-order valence-electron chi connectivity index (χ2n) is 15.5. The normalized spacial score (nSPS) is 12.1. The van der Waals surface area contributed by atoms with Gasteiger partial charge in [0.2, 0.25) is 0 Å². The van der Waals surface area contributed by atoms with Crippen LogP contribution in [0.3, 0.4) is 0 Å². The van der Waals surface area contributed by atoms with Crippen LogP contribution in [-0.4, -0.2) is 19.5 Å². The highest BCUT2D eigenvalue weighted by Crippen LogP contribution is 2.54. The number of rotatable bonds is 4. The van der Waals surface area contributed by atoms with E-state index in [-0.39, 0.29) is 0 Å². The van der Waals surface area contributed by atoms with Crippen molar-refractivity contribution < 1.29 is 0 Å². The minimum atomic E-state index is 0.644. The van der Waals surface area contributed by atoms with E-state index in [9.17, 15) is 0 Å². The molecule has 0 amide bonds. The number of aromatic nitrogens is 4. The Morgan fingerprint density at radius 2 is 0.797 bits per heavy atom. The number of hydrogen-bond donors (Lipinski definition) is 0. The van der Waals surface area contributed by atoms with E-state index in [1.165, 1.54) is 76.4 Å². The van der Waals surface area contributed by atoms with Gasteiger partial charge >= 0.3 is 0 Å². The molecule has 12 aromatic rings. The molecule has 2 aromatic heterocycles. The summed E-state index contributed by atoms with van der Waals surface area (Å²) in [6.45, 7) is 0. The zero-order valence-electron chi connectivity index (χ0n) is 31.8. The Morgan fingerprint density at radius 1 is 0.288 bits per heavy atom. The van der Waals surface area contributed by atoms with Crippen LogP contribution in [0.4, 0.5) is 0 Å². The van der Waals surface area contributed by atoms with Crippen molar-refractivity contribution in [2.45, 2.75) is 0 Å². The van der Waals surface area contributed by atoms with Gasteiger partial charge < -0.3 is 4.57 Å². The monoisotopic (exact) mass is 748 g/mol. The van der Waals surface area contributed by atoms with E-state index >= 15 is 0 Å². The van der Waals surface area contributed by atoms with E-state index in [4.69, 9.17) is 15.0 Å². The highest BCUT2D eigenvalue weighted by molar-refractivity contribution is 6.35. The lowest BCUT2D eigenvalue weighted by molar-refractivity contribution is 1.08. The second kappa shape index (κ2) is 12.3. The van der Waals surface area contributed by atoms with Crippen molar-refractivity contribution in [3.05, 3.63) is 194 Å². The Labute approximate surface area is 339 Å². The third-order valence-electron chi connectivity index (χ3n) is 12.4. The Hall–Kier alpha value is -7.95. The smallest absolute Gasteiger partial charge is 0.164 e. The summed E-state index contributed by atoms with van der Waals surface area (Å²) in [7, 11) is 0. The molecule has 59 heavy (non-hydrogen) atoms. The van der Waals surface area contributed by atoms with Gasteiger partial charge in [-0.25, -0.2) is 15.0 Å². The fraction of sp³-hybridized carbons (Fsp3) is 0. The topological polar surface area (TPSA) is 43.6 Å². The van der Waals surface area contributed by atoms with E-state index < -0.39 is 0 Å². The largest absolute Gasteiger partial charge is 0.309 e. The first-order valence-electron chi connectivity index (χ1n) is 20.1. The number of hydrogen-bond acceptors (Lipinski definition) is 3. The van der Waals surface area contributed by atoms with Crippen LogP contribution in [0, 0.1) is 0 Å². The first-order chi connectivity index (χ1) is 29.3. The summed E-state index contributed by atoms with van der Waals surface area (Å²) >= 11 is 0. The molecular formula is C55H32N4. The molecule has 4 heteroatoms. The van der Waals surface area contributed by atoms with Crippen LogP contribution in [0.25, 0.3) is 127 Å². The van der Waals surface area contributed by atoms with Crippen molar-refractivity contribution >= 4 is 64.9 Å². The quantitative estimate of drug-likeness (QED) is 0.168. The van der Waals surface area contributed by atoms with E-state index in [0.717, 1.165) is 33.2 Å². The molecule has 13 rings (SSSR count). The van der Waals surface area contributed by atoms with Crippen molar-refractivity contribution in [2.75, 3.05) is 0 Å². The molecule has 0 spiro atoms. The van der Waals surface area contributed by atoms with Crippen LogP contribution < -0.4 is 0 Å². The lowest BCUT2D eigenvalue weighted by atomic mass is 9.84. The first kappa shape index (κ1) is 32.2. The minimum absolute atomic E-state index is 0.644. The maximum absolute atomic E-state index is 5.14. The average molecular weight is 749 g/mol. The molecule has 1 aliphatic rings. The Bertz CT molecular complexity index is 3660. The molecule has 0 saturated heterocycles. The third kappa shape index (κ3) is 4.57. The summed E-state index contributed by atoms with van der Waals surface area (Å²) in [6.07, 6.45) is 0. The van der Waals surface area contributed by atoms with Gasteiger partial charge in [0.15, 0.2) is 17.5 Å². The molecule has 272 valence electrons. The number of benzene rings is 10. The standard InChI is InChI=1S/C55H32N4/c1-3-15-34(16-4-1)53-56-54(35-17-5-2-6-18-35)58-55(57-53)42-30-32-45(39-23-10-7-22-38(39)42)59-46-28-14-27-44-50-41-25-12-9-21-37(41)36-20-8-11-24-40(36)49(50)43-26-13-19-33-29-31-47(59)52(48(33)43)51(44)46/h1-32H. The van der Waals surface area contributed by atoms with Crippen molar-refractivity contribution in [3.8, 4) is 62.1 Å². The zero-order valence-corrected chi connectivity index (χ0v) is 31.8. The molecule has 0 atom stereocenters. The van der Waals surface area contributed by atoms with Gasteiger partial charge in [0.05, 0.1) is 16.7 Å². The summed E-state index contributed by atoms with van der Waals surface area (Å²) in [5.41, 5.74) is 11.5. The highest BCUT2D eigenvalue weighted by atomic mass is 15.0. The summed E-state index contributed by atoms with van der Waals surface area (Å²) in [5.74, 6) is 1.94. The molecule has 2 heterocycles. The maximum atomic E-state index is 5.14. The molecular weight excluding hydrogens is 717 g/mol. The van der Waals surface area contributed by atoms with E-state index in [1.54, 1.807) is 0 Å². The van der Waals surface area contributed by atoms with Gasteiger partial charge in [-0.15, -0.1) is 0 Å². The molecule has 0 aliphatic heterocycles. The maximum Gasteiger partial charge on any atom is 0.164 e. The fourth-order valence-corrected chi connectivity index (χ4v) is 9.91. The van der Waals surface area contributed by atoms with Gasteiger partial charge in [0, 0.05) is 32.8 Å². The van der Waals surface area contributed by atoms with Crippen LogP contribution in [0.2, 0.25) is 0 Å². The predicted molar refractivity (Wildman–Crippen MR) is 245 cm³/mol. The second-order valence-corrected chi connectivity index (χ2v) is 15.5. The molecule has 0 saturated carbocycles. The van der Waals surface area contributed by atoms with E-state index in [2.05, 4.69) is 162 Å². The van der Waals surface area contributed by atoms with Gasteiger partial charge in [-0.3, -0.25) is 0 Å². The van der Waals surface area contributed by atoms with Crippen molar-refractivity contribution in [2.24, 2.45) is 0 Å². The van der Waals surface area contributed by atoms with Gasteiger partial charge in [-0.05, 0) is 84.2 Å². The third-order valence-corrected chi connectivity index (χ3v) is 12.4. The lowest BCUT2D eigenvalue weighted by Gasteiger charge is -2.19. The summed E-state index contributed by atoms with van der Waals surface area (Å²) in [5, 5.41) is 12.4. The zero-order chi connectivity index (χ0) is 38.6. The Balaban J connectivity index is 1.12. The molecule has 0 unspecified atom stereocenters. The fourth-order valence-electron chi connectivity index (χ4n) is 9.91. The van der Waals surface area contributed by atoms with E-state index in [1.807, 2.05) is 36.4 Å². The van der Waals surface area contributed by atoms with Gasteiger partial charge in [-0.1, -0.05) is 170 Å². The van der Waals surface area contributed by atoms with Crippen molar-refractivity contribution in [1.29, 1.82) is 0 Å². The van der Waals surface area contributed by atoms with Crippen molar-refractivity contribution in [3.63, 3.8) is 0 Å². The highest BCUT2D eigenvalue weighted by Gasteiger charge is 2.28. The van der Waals surface area contributed by atoms with Crippen molar-refractivity contribution in [1.82, 2.24) is 19.5 Å². The number of nitrogens with zero attached hydrogens (tertiary/aromatic N) is 4. The summed E-state index contributed by atoms with van der Waals surface area (Å²) < 4.78 is 2.49. The first-order valence-corrected chi connectivity index (χ1v) is 20.1. The molecule has 0 fully saturated rings. The molecule has 0 N–H and O–H groups in total. The summed E-state index contributed by atoms with van der Waals surface area (Å²) in [6, 6.07) is 69.7. The SMILES string of the molecule is c1ccc(-c2nc(-c3ccccc3)nc(-c3ccc(-n4c5cccc6c5c5c7c(cccc7ccc54)-c4c-6c5ccccc5c5ccccc45)c4ccccc34)n2)cc1. The van der Waals surface area contributed by atoms with Gasteiger partial charge in [-0.2, -0.15) is 0 Å². The van der Waals surface area contributed by atoms with Gasteiger partial charge in [0.1, 0.15) is 0 Å². The number of fused-ring (bicyclic) bond motifs is 9. The van der Waals surface area contributed by atoms with E-state index in [0.29, 0.717) is 17.5 Å². The molecule has 10 aromatic carbocycles. The summed E-state index contributed by atoms with van der Waals surface area (Å²) in [4.78, 5) is 15.3. The van der Waals surface area contributed by atoms with Crippen LogP contribution in [0.5, 0.6) is 0 Å². The Kier molecular flexibility index (Phi) is 6.69. The lowest BCUT2D eigenvalue weighted by Crippen LogP contribution is -2.02. The average Bonchev–Trinajstić information content (AvgIpc) is 3.58. The predicted octanol–water partition coefficient (Wildman–Crippen LogP) is 14.2. The van der Waals surface area contributed by atoms with Crippen LogP contribution in [0.1, 0.15) is 0 Å². The van der Waals surface area contributed by atoms with Crippen LogP contribution in [-0.2, 0) is 0 Å². The minimum Gasteiger partial charge on any atom is -0.309 e. The van der Waals surface area contributed by atoms with Crippen LogP contribution in [0.15, 0.2) is 194 Å². The van der Waals surface area contributed by atoms with Gasteiger partial charge in [0.25, 0.3) is 0 Å². The Morgan fingerprint density at radius 3 is 1.44 bits per heavy atom. The molecule has 0 radical (unpaired) electrons. The molecule has 1 aliphatic carbocycles. The molecule has 0 bridgehead atoms. The van der Waals surface area contributed by atoms with Crippen LogP contribution >= 0.6 is 0 Å². The molecule has 4 nitrogen and oxygen atoms in total.